The Labute approximate surface area is 128 Å². The monoisotopic (exact) mass is 292 g/mol. The van der Waals surface area contributed by atoms with Crippen molar-refractivity contribution in [2.24, 2.45) is 4.99 Å². The molecule has 0 saturated heterocycles. The average Bonchev–Trinajstić information content (AvgIpc) is 2.62. The SMILES string of the molecule is C#Cc1ccc2c(c1)C(c1ccccc1F)=[N+]([O-])CC(C)=N2. The summed E-state index contributed by atoms with van der Waals surface area (Å²) >= 11 is 0. The zero-order valence-electron chi connectivity index (χ0n) is 12.0. The molecule has 1 heterocycles. The molecule has 3 rings (SSSR count). The van der Waals surface area contributed by atoms with Crippen LogP contribution in [0, 0.1) is 23.4 Å². The lowest BCUT2D eigenvalue weighted by Crippen LogP contribution is -2.22. The van der Waals surface area contributed by atoms with Crippen LogP contribution in [0.3, 0.4) is 0 Å². The van der Waals surface area contributed by atoms with E-state index in [4.69, 9.17) is 6.42 Å². The summed E-state index contributed by atoms with van der Waals surface area (Å²) in [4.78, 5) is 4.43. The van der Waals surface area contributed by atoms with E-state index in [1.165, 1.54) is 6.07 Å². The first-order chi connectivity index (χ1) is 10.6. The number of nitrogens with zero attached hydrogens (tertiary/aromatic N) is 2. The van der Waals surface area contributed by atoms with Crippen LogP contribution in [0.4, 0.5) is 10.1 Å². The molecule has 2 aromatic rings. The first-order valence-electron chi connectivity index (χ1n) is 6.82. The molecule has 0 aromatic heterocycles. The van der Waals surface area contributed by atoms with Gasteiger partial charge < -0.3 is 5.21 Å². The van der Waals surface area contributed by atoms with Crippen molar-refractivity contribution >= 4 is 17.1 Å². The van der Waals surface area contributed by atoms with Gasteiger partial charge in [0.15, 0.2) is 6.54 Å². The van der Waals surface area contributed by atoms with Gasteiger partial charge in [-0.3, -0.25) is 4.99 Å². The number of hydrogen-bond donors (Lipinski definition) is 0. The van der Waals surface area contributed by atoms with Crippen molar-refractivity contribution in [1.29, 1.82) is 0 Å². The molecule has 0 saturated carbocycles. The number of hydrogen-bond acceptors (Lipinski definition) is 2. The highest BCUT2D eigenvalue weighted by Crippen LogP contribution is 2.27. The van der Waals surface area contributed by atoms with Crippen LogP contribution in [-0.2, 0) is 0 Å². The number of aliphatic imine (C=N–C) groups is 1. The molecule has 1 aliphatic heterocycles. The fourth-order valence-electron chi connectivity index (χ4n) is 2.51. The third-order valence-electron chi connectivity index (χ3n) is 3.48. The summed E-state index contributed by atoms with van der Waals surface area (Å²) < 4.78 is 15.0. The van der Waals surface area contributed by atoms with Crippen molar-refractivity contribution < 1.29 is 9.13 Å². The van der Waals surface area contributed by atoms with Crippen molar-refractivity contribution in [3.05, 3.63) is 70.2 Å². The lowest BCUT2D eigenvalue weighted by atomic mass is 9.98. The minimum Gasteiger partial charge on any atom is -0.623 e. The lowest BCUT2D eigenvalue weighted by Gasteiger charge is -2.11. The highest BCUT2D eigenvalue weighted by molar-refractivity contribution is 6.14. The molecule has 0 radical (unpaired) electrons. The Hall–Kier alpha value is -2.93. The molecule has 108 valence electrons. The van der Waals surface area contributed by atoms with Crippen molar-refractivity contribution in [3.63, 3.8) is 0 Å². The van der Waals surface area contributed by atoms with Crippen LogP contribution in [0.25, 0.3) is 0 Å². The van der Waals surface area contributed by atoms with Gasteiger partial charge in [-0.1, -0.05) is 18.1 Å². The van der Waals surface area contributed by atoms with Gasteiger partial charge in [0.25, 0.3) is 0 Å². The van der Waals surface area contributed by atoms with Crippen LogP contribution >= 0.6 is 0 Å². The summed E-state index contributed by atoms with van der Waals surface area (Å²) in [6.07, 6.45) is 5.44. The topological polar surface area (TPSA) is 38.4 Å². The molecule has 0 fully saturated rings. The van der Waals surface area contributed by atoms with Gasteiger partial charge in [-0.25, -0.2) is 4.39 Å². The fraction of sp³-hybridized carbons (Fsp3) is 0.111. The molecule has 0 amide bonds. The Morgan fingerprint density at radius 1 is 1.23 bits per heavy atom. The van der Waals surface area contributed by atoms with E-state index in [1.807, 2.05) is 0 Å². The maximum atomic E-state index is 14.2. The van der Waals surface area contributed by atoms with Gasteiger partial charge in [0, 0.05) is 5.56 Å². The standard InChI is InChI=1S/C18H13FN2O/c1-3-13-8-9-17-15(10-13)18(21(22)11-12(2)20-17)14-6-4-5-7-16(14)19/h1,4-10H,11H2,2H3. The first kappa shape index (κ1) is 14.0. The maximum absolute atomic E-state index is 14.2. The smallest absolute Gasteiger partial charge is 0.231 e. The van der Waals surface area contributed by atoms with Crippen molar-refractivity contribution in [2.45, 2.75) is 6.92 Å². The highest BCUT2D eigenvalue weighted by Gasteiger charge is 2.25. The molecule has 0 N–H and O–H groups in total. The molecule has 0 unspecified atom stereocenters. The molecular formula is C18H13FN2O. The van der Waals surface area contributed by atoms with Gasteiger partial charge in [-0.15, -0.1) is 6.42 Å². The zero-order chi connectivity index (χ0) is 15.7. The summed E-state index contributed by atoms with van der Waals surface area (Å²) in [6, 6.07) is 11.4. The van der Waals surface area contributed by atoms with E-state index in [9.17, 15) is 9.60 Å². The number of fused-ring (bicyclic) bond motifs is 1. The fourth-order valence-corrected chi connectivity index (χ4v) is 2.51. The second-order valence-electron chi connectivity index (χ2n) is 5.09. The minimum absolute atomic E-state index is 0.0870. The Morgan fingerprint density at radius 2 is 2.00 bits per heavy atom. The highest BCUT2D eigenvalue weighted by atomic mass is 19.1. The van der Waals surface area contributed by atoms with Crippen LogP contribution in [0.2, 0.25) is 0 Å². The summed E-state index contributed by atoms with van der Waals surface area (Å²) in [5.41, 5.74) is 2.95. The predicted octanol–water partition coefficient (Wildman–Crippen LogP) is 3.26. The van der Waals surface area contributed by atoms with Gasteiger partial charge in [0.2, 0.25) is 5.71 Å². The van der Waals surface area contributed by atoms with Gasteiger partial charge in [-0.05, 0) is 37.3 Å². The van der Waals surface area contributed by atoms with E-state index in [0.29, 0.717) is 22.5 Å². The molecular weight excluding hydrogens is 279 g/mol. The summed E-state index contributed by atoms with van der Waals surface area (Å²) in [5.74, 6) is 2.08. The van der Waals surface area contributed by atoms with Gasteiger partial charge in [0.05, 0.1) is 22.5 Å². The Kier molecular flexibility index (Phi) is 3.48. The molecule has 0 aliphatic carbocycles. The number of hydroxylamine groups is 1. The second-order valence-corrected chi connectivity index (χ2v) is 5.09. The van der Waals surface area contributed by atoms with E-state index in [2.05, 4.69) is 10.9 Å². The van der Waals surface area contributed by atoms with Crippen molar-refractivity contribution in [3.8, 4) is 12.3 Å². The van der Waals surface area contributed by atoms with E-state index in [1.54, 1.807) is 43.3 Å². The predicted molar refractivity (Wildman–Crippen MR) is 85.3 cm³/mol. The average molecular weight is 292 g/mol. The third-order valence-corrected chi connectivity index (χ3v) is 3.48. The van der Waals surface area contributed by atoms with Crippen LogP contribution in [-0.4, -0.2) is 22.7 Å². The molecule has 3 nitrogen and oxygen atoms in total. The van der Waals surface area contributed by atoms with Crippen molar-refractivity contribution in [2.75, 3.05) is 6.54 Å². The summed E-state index contributed by atoms with van der Waals surface area (Å²) in [5, 5.41) is 12.5. The van der Waals surface area contributed by atoms with Crippen LogP contribution in [0.1, 0.15) is 23.6 Å². The van der Waals surface area contributed by atoms with E-state index < -0.39 is 5.82 Å². The molecule has 1 aliphatic rings. The largest absolute Gasteiger partial charge is 0.623 e. The van der Waals surface area contributed by atoms with Gasteiger partial charge >= 0.3 is 0 Å². The molecule has 0 spiro atoms. The quantitative estimate of drug-likeness (QED) is 0.451. The number of halogens is 1. The van der Waals surface area contributed by atoms with Gasteiger partial charge in [0.1, 0.15) is 5.82 Å². The third kappa shape index (κ3) is 2.38. The van der Waals surface area contributed by atoms with E-state index in [-0.39, 0.29) is 17.8 Å². The second kappa shape index (κ2) is 5.45. The van der Waals surface area contributed by atoms with Gasteiger partial charge in [-0.2, -0.15) is 4.74 Å². The minimum atomic E-state index is -0.449. The van der Waals surface area contributed by atoms with E-state index >= 15 is 0 Å². The normalized spacial score (nSPS) is 14.0. The molecule has 0 bridgehead atoms. The zero-order valence-corrected chi connectivity index (χ0v) is 12.0. The molecule has 2 aromatic carbocycles. The Bertz CT molecular complexity index is 860. The number of benzene rings is 2. The lowest BCUT2D eigenvalue weighted by molar-refractivity contribution is -0.439. The molecule has 22 heavy (non-hydrogen) atoms. The summed E-state index contributed by atoms with van der Waals surface area (Å²) in [6.45, 7) is 1.86. The number of terminal acetylenes is 1. The molecule has 0 atom stereocenters. The number of rotatable bonds is 1. The Balaban J connectivity index is 2.34. The van der Waals surface area contributed by atoms with Crippen LogP contribution in [0.5, 0.6) is 0 Å². The first-order valence-corrected chi connectivity index (χ1v) is 6.82. The maximum Gasteiger partial charge on any atom is 0.231 e. The van der Waals surface area contributed by atoms with Crippen molar-refractivity contribution in [1.82, 2.24) is 0 Å². The van der Waals surface area contributed by atoms with Crippen LogP contribution in [0.15, 0.2) is 47.5 Å². The van der Waals surface area contributed by atoms with E-state index in [0.717, 1.165) is 4.74 Å². The molecule has 4 heteroatoms. The van der Waals surface area contributed by atoms with Crippen LogP contribution < -0.4 is 0 Å². The Morgan fingerprint density at radius 3 is 2.73 bits per heavy atom. The summed E-state index contributed by atoms with van der Waals surface area (Å²) in [7, 11) is 0.